The van der Waals surface area contributed by atoms with Gasteiger partial charge in [-0.25, -0.2) is 4.79 Å². The quantitative estimate of drug-likeness (QED) is 0.792. The number of esters is 1. The number of carbonyl (C=O) groups is 2. The number of ether oxygens (including phenoxy) is 1. The number of amides is 2. The highest BCUT2D eigenvalue weighted by molar-refractivity contribution is 5.80. The third kappa shape index (κ3) is 2.80. The van der Waals surface area contributed by atoms with Crippen LogP contribution >= 0.6 is 0 Å². The van der Waals surface area contributed by atoms with E-state index in [2.05, 4.69) is 16.1 Å². The van der Waals surface area contributed by atoms with Gasteiger partial charge in [-0.1, -0.05) is 24.3 Å². The van der Waals surface area contributed by atoms with Crippen molar-refractivity contribution in [1.82, 2.24) is 10.2 Å². The summed E-state index contributed by atoms with van der Waals surface area (Å²) in [5.41, 5.74) is 2.45. The Morgan fingerprint density at radius 3 is 2.78 bits per heavy atom. The molecule has 2 amide bonds. The van der Waals surface area contributed by atoms with E-state index in [1.807, 2.05) is 18.2 Å². The van der Waals surface area contributed by atoms with Gasteiger partial charge in [0.1, 0.15) is 6.54 Å². The van der Waals surface area contributed by atoms with Crippen LogP contribution < -0.4 is 5.32 Å². The molecular formula is C13H16N2O3. The Kier molecular flexibility index (Phi) is 3.82. The fraction of sp³-hybridized carbons (Fsp3) is 0.385. The number of benzene rings is 1. The predicted molar refractivity (Wildman–Crippen MR) is 66.0 cm³/mol. The Balaban J connectivity index is 1.92. The summed E-state index contributed by atoms with van der Waals surface area (Å²) in [6, 6.07) is 7.85. The second kappa shape index (κ2) is 5.53. The van der Waals surface area contributed by atoms with Crippen LogP contribution in [0.3, 0.4) is 0 Å². The van der Waals surface area contributed by atoms with Gasteiger partial charge in [0.25, 0.3) is 0 Å². The molecule has 1 N–H and O–H groups in total. The Bertz CT molecular complexity index is 459. The summed E-state index contributed by atoms with van der Waals surface area (Å²) >= 11 is 0. The van der Waals surface area contributed by atoms with Crippen molar-refractivity contribution in [2.45, 2.75) is 13.0 Å². The largest absolute Gasteiger partial charge is 0.468 e. The second-order valence-corrected chi connectivity index (χ2v) is 4.18. The molecule has 0 bridgehead atoms. The lowest BCUT2D eigenvalue weighted by molar-refractivity contribution is -0.139. The standard InChI is InChI=1S/C13H16N2O3/c1-18-12(16)8-14-13(17)15-7-6-10-4-2-3-5-11(10)9-15/h2-5H,6-9H2,1H3,(H,14,17). The first-order valence-corrected chi connectivity index (χ1v) is 5.87. The Labute approximate surface area is 106 Å². The summed E-state index contributed by atoms with van der Waals surface area (Å²) in [4.78, 5) is 24.5. The van der Waals surface area contributed by atoms with E-state index in [-0.39, 0.29) is 12.6 Å². The molecular weight excluding hydrogens is 232 g/mol. The van der Waals surface area contributed by atoms with E-state index in [1.54, 1.807) is 4.90 Å². The average Bonchev–Trinajstić information content (AvgIpc) is 2.43. The van der Waals surface area contributed by atoms with Gasteiger partial charge in [0.15, 0.2) is 0 Å². The number of nitrogens with one attached hydrogen (secondary N) is 1. The number of hydrogen-bond donors (Lipinski definition) is 1. The molecule has 0 fully saturated rings. The van der Waals surface area contributed by atoms with E-state index >= 15 is 0 Å². The van der Waals surface area contributed by atoms with Crippen LogP contribution in [0.1, 0.15) is 11.1 Å². The highest BCUT2D eigenvalue weighted by Gasteiger charge is 2.20. The van der Waals surface area contributed by atoms with E-state index in [0.717, 1.165) is 12.0 Å². The van der Waals surface area contributed by atoms with Crippen molar-refractivity contribution >= 4 is 12.0 Å². The zero-order valence-electron chi connectivity index (χ0n) is 10.3. The number of rotatable bonds is 2. The van der Waals surface area contributed by atoms with Crippen LogP contribution in [0.2, 0.25) is 0 Å². The van der Waals surface area contributed by atoms with E-state index in [9.17, 15) is 9.59 Å². The van der Waals surface area contributed by atoms with Gasteiger partial charge >= 0.3 is 12.0 Å². The van der Waals surface area contributed by atoms with Gasteiger partial charge < -0.3 is 15.0 Å². The molecule has 0 aliphatic carbocycles. The number of fused-ring (bicyclic) bond motifs is 1. The molecule has 5 nitrogen and oxygen atoms in total. The van der Waals surface area contributed by atoms with Crippen LogP contribution in [-0.4, -0.2) is 37.1 Å². The number of nitrogens with zero attached hydrogens (tertiary/aromatic N) is 1. The fourth-order valence-corrected chi connectivity index (χ4v) is 2.00. The van der Waals surface area contributed by atoms with Crippen molar-refractivity contribution in [3.8, 4) is 0 Å². The normalized spacial score (nSPS) is 13.7. The summed E-state index contributed by atoms with van der Waals surface area (Å²) in [7, 11) is 1.30. The smallest absolute Gasteiger partial charge is 0.325 e. The Morgan fingerprint density at radius 2 is 2.06 bits per heavy atom. The van der Waals surface area contributed by atoms with Gasteiger partial charge in [0, 0.05) is 13.1 Å². The molecule has 96 valence electrons. The third-order valence-electron chi connectivity index (χ3n) is 3.03. The minimum Gasteiger partial charge on any atom is -0.468 e. The van der Waals surface area contributed by atoms with Crippen LogP contribution in [-0.2, 0) is 22.5 Å². The molecule has 0 saturated heterocycles. The van der Waals surface area contributed by atoms with E-state index < -0.39 is 5.97 Å². The van der Waals surface area contributed by atoms with Crippen molar-refractivity contribution in [3.63, 3.8) is 0 Å². The zero-order valence-corrected chi connectivity index (χ0v) is 10.3. The predicted octanol–water partition coefficient (Wildman–Crippen LogP) is 0.927. The van der Waals surface area contributed by atoms with Crippen molar-refractivity contribution in [3.05, 3.63) is 35.4 Å². The maximum Gasteiger partial charge on any atom is 0.325 e. The minimum absolute atomic E-state index is 0.0898. The summed E-state index contributed by atoms with van der Waals surface area (Å²) in [5.74, 6) is -0.444. The Hall–Kier alpha value is -2.04. The maximum atomic E-state index is 11.8. The number of urea groups is 1. The molecule has 1 aromatic carbocycles. The van der Waals surface area contributed by atoms with Gasteiger partial charge in [0.2, 0.25) is 0 Å². The highest BCUT2D eigenvalue weighted by atomic mass is 16.5. The molecule has 5 heteroatoms. The van der Waals surface area contributed by atoms with Gasteiger partial charge in [-0.15, -0.1) is 0 Å². The summed E-state index contributed by atoms with van der Waals surface area (Å²) in [6.45, 7) is 1.17. The van der Waals surface area contributed by atoms with Crippen LogP contribution in [0.4, 0.5) is 4.79 Å². The molecule has 1 aliphatic rings. The van der Waals surface area contributed by atoms with Gasteiger partial charge in [0.05, 0.1) is 7.11 Å². The molecule has 1 heterocycles. The van der Waals surface area contributed by atoms with Crippen molar-refractivity contribution in [2.24, 2.45) is 0 Å². The van der Waals surface area contributed by atoms with E-state index in [4.69, 9.17) is 0 Å². The first kappa shape index (κ1) is 12.4. The lowest BCUT2D eigenvalue weighted by Gasteiger charge is -2.28. The third-order valence-corrected chi connectivity index (χ3v) is 3.03. The van der Waals surface area contributed by atoms with E-state index in [1.165, 1.54) is 12.7 Å². The van der Waals surface area contributed by atoms with Gasteiger partial charge in [-0.2, -0.15) is 0 Å². The summed E-state index contributed by atoms with van der Waals surface area (Å²) in [6.07, 6.45) is 0.849. The number of methoxy groups -OCH3 is 1. The topological polar surface area (TPSA) is 58.6 Å². The Morgan fingerprint density at radius 1 is 1.33 bits per heavy atom. The molecule has 1 aromatic rings. The SMILES string of the molecule is COC(=O)CNC(=O)N1CCc2ccccc2C1. The zero-order chi connectivity index (χ0) is 13.0. The molecule has 0 saturated carbocycles. The fourth-order valence-electron chi connectivity index (χ4n) is 2.00. The van der Waals surface area contributed by atoms with Crippen molar-refractivity contribution in [2.75, 3.05) is 20.2 Å². The van der Waals surface area contributed by atoms with Crippen molar-refractivity contribution in [1.29, 1.82) is 0 Å². The number of hydrogen-bond acceptors (Lipinski definition) is 3. The lowest BCUT2D eigenvalue weighted by Crippen LogP contribution is -2.44. The monoisotopic (exact) mass is 248 g/mol. The van der Waals surface area contributed by atoms with Crippen LogP contribution in [0.5, 0.6) is 0 Å². The van der Waals surface area contributed by atoms with Gasteiger partial charge in [-0.3, -0.25) is 4.79 Å². The van der Waals surface area contributed by atoms with Crippen molar-refractivity contribution < 1.29 is 14.3 Å². The summed E-state index contributed by atoms with van der Waals surface area (Å²) < 4.78 is 4.47. The second-order valence-electron chi connectivity index (χ2n) is 4.18. The molecule has 2 rings (SSSR count). The van der Waals surface area contributed by atoms with Crippen LogP contribution in [0.25, 0.3) is 0 Å². The molecule has 0 atom stereocenters. The average molecular weight is 248 g/mol. The van der Waals surface area contributed by atoms with E-state index in [0.29, 0.717) is 13.1 Å². The molecule has 0 aromatic heterocycles. The first-order chi connectivity index (χ1) is 8.70. The first-order valence-electron chi connectivity index (χ1n) is 5.87. The molecule has 0 unspecified atom stereocenters. The van der Waals surface area contributed by atoms with Crippen LogP contribution in [0, 0.1) is 0 Å². The summed E-state index contributed by atoms with van der Waals surface area (Å²) in [5, 5.41) is 2.55. The molecule has 0 spiro atoms. The molecule has 18 heavy (non-hydrogen) atoms. The molecule has 1 aliphatic heterocycles. The molecule has 0 radical (unpaired) electrons. The van der Waals surface area contributed by atoms with Gasteiger partial charge in [-0.05, 0) is 17.5 Å². The number of carbonyl (C=O) groups excluding carboxylic acids is 2. The highest BCUT2D eigenvalue weighted by Crippen LogP contribution is 2.18. The minimum atomic E-state index is -0.444. The van der Waals surface area contributed by atoms with Crippen LogP contribution in [0.15, 0.2) is 24.3 Å². The lowest BCUT2D eigenvalue weighted by atomic mass is 10.0. The maximum absolute atomic E-state index is 11.8.